The van der Waals surface area contributed by atoms with Crippen molar-refractivity contribution in [3.8, 4) is 10.8 Å². The van der Waals surface area contributed by atoms with Crippen molar-refractivity contribution in [3.05, 3.63) is 20.8 Å². The van der Waals surface area contributed by atoms with E-state index in [4.69, 9.17) is 0 Å². The van der Waals surface area contributed by atoms with E-state index in [1.807, 2.05) is 5.38 Å². The van der Waals surface area contributed by atoms with Crippen molar-refractivity contribution >= 4 is 39.7 Å². The highest BCUT2D eigenvalue weighted by molar-refractivity contribution is 14.1. The van der Waals surface area contributed by atoms with Gasteiger partial charge in [0.1, 0.15) is 5.82 Å². The number of thiazole rings is 1. The fourth-order valence-corrected chi connectivity index (χ4v) is 3.26. The Morgan fingerprint density at radius 1 is 1.37 bits per heavy atom. The van der Waals surface area contributed by atoms with Gasteiger partial charge in [0.05, 0.1) is 9.26 Å². The third-order valence-electron chi connectivity index (χ3n) is 2.59. The first-order chi connectivity index (χ1) is 9.13. The lowest BCUT2D eigenvalue weighted by Gasteiger charge is -2.13. The summed E-state index contributed by atoms with van der Waals surface area (Å²) < 4.78 is 1.11. The summed E-state index contributed by atoms with van der Waals surface area (Å²) in [4.78, 5) is 13.6. The molecule has 2 aromatic heterocycles. The Labute approximate surface area is 131 Å². The summed E-state index contributed by atoms with van der Waals surface area (Å²) in [6.45, 7) is 7.37. The van der Waals surface area contributed by atoms with E-state index in [-0.39, 0.29) is 0 Å². The van der Waals surface area contributed by atoms with E-state index in [2.05, 4.69) is 63.6 Å². The number of hydrogen-bond acceptors (Lipinski definition) is 5. The third-order valence-corrected chi connectivity index (χ3v) is 4.42. The highest BCUT2D eigenvalue weighted by atomic mass is 127. The fraction of sp³-hybridized carbons (Fsp3) is 0.462. The minimum Gasteiger partial charge on any atom is -0.369 e. The number of nitrogens with zero attached hydrogens (tertiary/aromatic N) is 3. The summed E-state index contributed by atoms with van der Waals surface area (Å²) in [6.07, 6.45) is 2.86. The molecule has 2 heterocycles. The number of hydrogen-bond donors (Lipinski definition) is 1. The Kier molecular flexibility index (Phi) is 5.09. The smallest absolute Gasteiger partial charge is 0.191 e. The molecule has 0 aliphatic heterocycles. The first kappa shape index (κ1) is 14.6. The Morgan fingerprint density at radius 2 is 2.16 bits per heavy atom. The average Bonchev–Trinajstić information content (AvgIpc) is 2.91. The predicted octanol–water partition coefficient (Wildman–Crippen LogP) is 4.15. The molecular formula is C13H17IN4S. The zero-order chi connectivity index (χ0) is 13.8. The molecule has 0 radical (unpaired) electrons. The van der Waals surface area contributed by atoms with Gasteiger partial charge in [-0.15, -0.1) is 11.3 Å². The Hall–Kier alpha value is -0.760. The normalized spacial score (nSPS) is 11.0. The largest absolute Gasteiger partial charge is 0.369 e. The number of aromatic nitrogens is 3. The first-order valence-electron chi connectivity index (χ1n) is 6.34. The zero-order valence-electron chi connectivity index (χ0n) is 11.3. The van der Waals surface area contributed by atoms with Crippen LogP contribution in [0.4, 0.5) is 5.82 Å². The second-order valence-corrected chi connectivity index (χ2v) is 6.49. The van der Waals surface area contributed by atoms with Gasteiger partial charge in [0.15, 0.2) is 10.8 Å². The van der Waals surface area contributed by atoms with Crippen LogP contribution in [0.5, 0.6) is 0 Å². The van der Waals surface area contributed by atoms with Crippen molar-refractivity contribution in [2.45, 2.75) is 33.1 Å². The molecule has 6 heteroatoms. The lowest BCUT2D eigenvalue weighted by Crippen LogP contribution is -2.10. The molecule has 0 aliphatic carbocycles. The SMILES string of the molecule is CCCNc1nc(-c2nccs2)nc(C(C)C)c1I. The maximum absolute atomic E-state index is 4.67. The van der Waals surface area contributed by atoms with E-state index in [1.54, 1.807) is 17.5 Å². The van der Waals surface area contributed by atoms with Gasteiger partial charge in [0.25, 0.3) is 0 Å². The van der Waals surface area contributed by atoms with Crippen LogP contribution in [0.25, 0.3) is 10.8 Å². The number of halogens is 1. The van der Waals surface area contributed by atoms with Gasteiger partial charge in [-0.1, -0.05) is 20.8 Å². The Balaban J connectivity index is 2.47. The van der Waals surface area contributed by atoms with Crippen molar-refractivity contribution < 1.29 is 0 Å². The van der Waals surface area contributed by atoms with Gasteiger partial charge in [-0.25, -0.2) is 15.0 Å². The van der Waals surface area contributed by atoms with Crippen LogP contribution in [-0.4, -0.2) is 21.5 Å². The molecule has 0 aromatic carbocycles. The van der Waals surface area contributed by atoms with E-state index >= 15 is 0 Å². The monoisotopic (exact) mass is 388 g/mol. The van der Waals surface area contributed by atoms with E-state index in [1.165, 1.54) is 0 Å². The van der Waals surface area contributed by atoms with Gasteiger partial charge in [-0.05, 0) is 34.9 Å². The average molecular weight is 388 g/mol. The second-order valence-electron chi connectivity index (χ2n) is 4.51. The molecule has 0 amide bonds. The standard InChI is InChI=1S/C13H17IN4S/c1-4-5-15-11-9(14)10(8(2)3)17-12(18-11)13-16-6-7-19-13/h6-8H,4-5H2,1-3H3,(H,15,17,18). The van der Waals surface area contributed by atoms with E-state index < -0.39 is 0 Å². The molecule has 19 heavy (non-hydrogen) atoms. The minimum absolute atomic E-state index is 0.371. The molecular weight excluding hydrogens is 371 g/mol. The van der Waals surface area contributed by atoms with Crippen LogP contribution in [0.3, 0.4) is 0 Å². The topological polar surface area (TPSA) is 50.7 Å². The molecule has 0 unspecified atom stereocenters. The lowest BCUT2D eigenvalue weighted by molar-refractivity contribution is 0.807. The van der Waals surface area contributed by atoms with Crippen molar-refractivity contribution in [3.63, 3.8) is 0 Å². The summed E-state index contributed by atoms with van der Waals surface area (Å²) in [6, 6.07) is 0. The highest BCUT2D eigenvalue weighted by Crippen LogP contribution is 2.28. The Bertz CT molecular complexity index is 540. The quantitative estimate of drug-likeness (QED) is 0.782. The lowest BCUT2D eigenvalue weighted by atomic mass is 10.1. The van der Waals surface area contributed by atoms with Crippen LogP contribution in [0.2, 0.25) is 0 Å². The van der Waals surface area contributed by atoms with Crippen molar-refractivity contribution in [2.24, 2.45) is 0 Å². The van der Waals surface area contributed by atoms with Crippen LogP contribution < -0.4 is 5.32 Å². The predicted molar refractivity (Wildman–Crippen MR) is 88.7 cm³/mol. The van der Waals surface area contributed by atoms with E-state index in [0.717, 1.165) is 38.9 Å². The number of rotatable bonds is 5. The van der Waals surface area contributed by atoms with Crippen LogP contribution in [0.15, 0.2) is 11.6 Å². The van der Waals surface area contributed by atoms with Crippen molar-refractivity contribution in [1.82, 2.24) is 15.0 Å². The van der Waals surface area contributed by atoms with E-state index in [0.29, 0.717) is 5.92 Å². The summed E-state index contributed by atoms with van der Waals surface area (Å²) in [5.41, 5.74) is 1.08. The van der Waals surface area contributed by atoms with Gasteiger partial charge in [-0.2, -0.15) is 0 Å². The summed E-state index contributed by atoms with van der Waals surface area (Å²) in [5.74, 6) is 2.01. The first-order valence-corrected chi connectivity index (χ1v) is 8.30. The minimum atomic E-state index is 0.371. The van der Waals surface area contributed by atoms with Gasteiger partial charge in [-0.3, -0.25) is 0 Å². The van der Waals surface area contributed by atoms with Crippen LogP contribution >= 0.6 is 33.9 Å². The van der Waals surface area contributed by atoms with Gasteiger partial charge in [0.2, 0.25) is 0 Å². The molecule has 2 aromatic rings. The molecule has 0 bridgehead atoms. The summed E-state index contributed by atoms with van der Waals surface area (Å²) in [7, 11) is 0. The molecule has 0 fully saturated rings. The zero-order valence-corrected chi connectivity index (χ0v) is 14.2. The molecule has 102 valence electrons. The Morgan fingerprint density at radius 3 is 2.74 bits per heavy atom. The number of anilines is 1. The van der Waals surface area contributed by atoms with Crippen LogP contribution in [0, 0.1) is 3.57 Å². The molecule has 0 aliphatic rings. The summed E-state index contributed by atoms with van der Waals surface area (Å²) in [5, 5.41) is 6.20. The molecule has 2 rings (SSSR count). The van der Waals surface area contributed by atoms with Crippen molar-refractivity contribution in [1.29, 1.82) is 0 Å². The fourth-order valence-electron chi connectivity index (χ4n) is 1.64. The van der Waals surface area contributed by atoms with Crippen LogP contribution in [-0.2, 0) is 0 Å². The molecule has 0 atom stereocenters. The van der Waals surface area contributed by atoms with Crippen LogP contribution in [0.1, 0.15) is 38.8 Å². The maximum Gasteiger partial charge on any atom is 0.191 e. The van der Waals surface area contributed by atoms with Crippen molar-refractivity contribution in [2.75, 3.05) is 11.9 Å². The molecule has 0 spiro atoms. The number of nitrogens with one attached hydrogen (secondary N) is 1. The molecule has 1 N–H and O–H groups in total. The maximum atomic E-state index is 4.67. The van der Waals surface area contributed by atoms with E-state index in [9.17, 15) is 0 Å². The van der Waals surface area contributed by atoms with Gasteiger partial charge >= 0.3 is 0 Å². The molecule has 0 saturated heterocycles. The molecule has 4 nitrogen and oxygen atoms in total. The van der Waals surface area contributed by atoms with Gasteiger partial charge < -0.3 is 5.32 Å². The third kappa shape index (κ3) is 3.42. The molecule has 0 saturated carbocycles. The second kappa shape index (κ2) is 6.60. The van der Waals surface area contributed by atoms with Gasteiger partial charge in [0, 0.05) is 18.1 Å². The highest BCUT2D eigenvalue weighted by Gasteiger charge is 2.16. The summed E-state index contributed by atoms with van der Waals surface area (Å²) >= 11 is 3.89.